The van der Waals surface area contributed by atoms with Gasteiger partial charge in [0, 0.05) is 24.2 Å². The van der Waals surface area contributed by atoms with E-state index in [2.05, 4.69) is 19.2 Å². The van der Waals surface area contributed by atoms with Gasteiger partial charge in [0.2, 0.25) is 0 Å². The third-order valence-corrected chi connectivity index (χ3v) is 3.28. The number of hydrogen-bond donors (Lipinski definition) is 1. The zero-order chi connectivity index (χ0) is 12.7. The zero-order valence-electron chi connectivity index (χ0n) is 11.1. The minimum atomic E-state index is 0.205. The van der Waals surface area contributed by atoms with Gasteiger partial charge in [0.05, 0.1) is 0 Å². The Bertz CT molecular complexity index is 338. The molecule has 0 radical (unpaired) electrons. The predicted molar refractivity (Wildman–Crippen MR) is 73.6 cm³/mol. The Morgan fingerprint density at radius 3 is 2.18 bits per heavy atom. The molecule has 0 saturated heterocycles. The van der Waals surface area contributed by atoms with Crippen molar-refractivity contribution in [3.05, 3.63) is 29.8 Å². The fourth-order valence-electron chi connectivity index (χ4n) is 1.82. The van der Waals surface area contributed by atoms with Gasteiger partial charge < -0.3 is 5.32 Å². The van der Waals surface area contributed by atoms with Crippen LogP contribution in [0.4, 0.5) is 5.69 Å². The first-order chi connectivity index (χ1) is 8.21. The van der Waals surface area contributed by atoms with Gasteiger partial charge in [-0.05, 0) is 30.2 Å². The maximum absolute atomic E-state index is 11.5. The van der Waals surface area contributed by atoms with Gasteiger partial charge in [-0.25, -0.2) is 0 Å². The summed E-state index contributed by atoms with van der Waals surface area (Å²) in [5.74, 6) is 0.934. The summed E-state index contributed by atoms with van der Waals surface area (Å²) in [6, 6.07) is 7.79. The summed E-state index contributed by atoms with van der Waals surface area (Å²) in [4.78, 5) is 11.5. The zero-order valence-corrected chi connectivity index (χ0v) is 11.1. The number of hydrogen-bond acceptors (Lipinski definition) is 2. The molecule has 0 fully saturated rings. The van der Waals surface area contributed by atoms with Crippen molar-refractivity contribution < 1.29 is 4.79 Å². The van der Waals surface area contributed by atoms with Crippen LogP contribution in [0.15, 0.2) is 24.3 Å². The molecule has 94 valence electrons. The number of carbonyl (C=O) groups is 1. The fourth-order valence-corrected chi connectivity index (χ4v) is 1.82. The molecular formula is C15H23NO. The van der Waals surface area contributed by atoms with Gasteiger partial charge in [-0.2, -0.15) is 0 Å². The third-order valence-electron chi connectivity index (χ3n) is 3.28. The maximum atomic E-state index is 11.5. The van der Waals surface area contributed by atoms with Crippen LogP contribution in [-0.2, 0) is 0 Å². The lowest BCUT2D eigenvalue weighted by atomic mass is 10.0. The average molecular weight is 233 g/mol. The summed E-state index contributed by atoms with van der Waals surface area (Å²) in [6.07, 6.45) is 2.98. The number of nitrogens with one attached hydrogen (secondary N) is 1. The molecule has 0 atom stereocenters. The van der Waals surface area contributed by atoms with E-state index in [0.29, 0.717) is 6.42 Å². The van der Waals surface area contributed by atoms with Crippen molar-refractivity contribution in [3.8, 4) is 0 Å². The summed E-state index contributed by atoms with van der Waals surface area (Å²) in [5, 5.41) is 3.42. The molecule has 0 spiro atoms. The van der Waals surface area contributed by atoms with E-state index in [1.165, 1.54) is 12.8 Å². The van der Waals surface area contributed by atoms with E-state index in [-0.39, 0.29) is 5.78 Å². The lowest BCUT2D eigenvalue weighted by Gasteiger charge is -2.14. The maximum Gasteiger partial charge on any atom is 0.162 e. The molecule has 0 bridgehead atoms. The Hall–Kier alpha value is -1.31. The quantitative estimate of drug-likeness (QED) is 0.717. The summed E-state index contributed by atoms with van der Waals surface area (Å²) < 4.78 is 0. The molecule has 0 amide bonds. The molecule has 2 heteroatoms. The number of rotatable bonds is 7. The highest BCUT2D eigenvalue weighted by Crippen LogP contribution is 2.13. The number of carbonyl (C=O) groups excluding carboxylic acids is 1. The third kappa shape index (κ3) is 4.22. The highest BCUT2D eigenvalue weighted by atomic mass is 16.1. The van der Waals surface area contributed by atoms with Gasteiger partial charge in [0.15, 0.2) is 5.78 Å². The van der Waals surface area contributed by atoms with E-state index < -0.39 is 0 Å². The summed E-state index contributed by atoms with van der Waals surface area (Å²) in [7, 11) is 0. The van der Waals surface area contributed by atoms with E-state index in [1.807, 2.05) is 31.2 Å². The Morgan fingerprint density at radius 2 is 1.71 bits per heavy atom. The molecule has 0 heterocycles. The van der Waals surface area contributed by atoms with Crippen LogP contribution in [0, 0.1) is 5.92 Å². The second-order valence-corrected chi connectivity index (χ2v) is 4.42. The summed E-state index contributed by atoms with van der Waals surface area (Å²) in [6.45, 7) is 7.34. The lowest BCUT2D eigenvalue weighted by Crippen LogP contribution is -2.12. The van der Waals surface area contributed by atoms with Crippen molar-refractivity contribution in [1.29, 1.82) is 0 Å². The molecule has 2 nitrogen and oxygen atoms in total. The minimum Gasteiger partial charge on any atom is -0.385 e. The topological polar surface area (TPSA) is 29.1 Å². The monoisotopic (exact) mass is 233 g/mol. The van der Waals surface area contributed by atoms with Crippen molar-refractivity contribution in [2.24, 2.45) is 5.92 Å². The van der Waals surface area contributed by atoms with Crippen molar-refractivity contribution in [3.63, 3.8) is 0 Å². The van der Waals surface area contributed by atoms with Crippen molar-refractivity contribution in [2.75, 3.05) is 11.9 Å². The number of benzene rings is 1. The van der Waals surface area contributed by atoms with Crippen LogP contribution in [-0.4, -0.2) is 12.3 Å². The van der Waals surface area contributed by atoms with Crippen LogP contribution < -0.4 is 5.32 Å². The molecule has 0 saturated carbocycles. The van der Waals surface area contributed by atoms with Crippen LogP contribution in [0.1, 0.15) is 50.4 Å². The van der Waals surface area contributed by atoms with Crippen LogP contribution in [0.5, 0.6) is 0 Å². The smallest absolute Gasteiger partial charge is 0.162 e. The summed E-state index contributed by atoms with van der Waals surface area (Å²) >= 11 is 0. The first-order valence-electron chi connectivity index (χ1n) is 6.58. The summed E-state index contributed by atoms with van der Waals surface area (Å²) in [5.41, 5.74) is 1.91. The van der Waals surface area contributed by atoms with Crippen LogP contribution in [0.3, 0.4) is 0 Å². The molecule has 1 rings (SSSR count). The van der Waals surface area contributed by atoms with E-state index >= 15 is 0 Å². The molecule has 0 aromatic heterocycles. The van der Waals surface area contributed by atoms with Crippen LogP contribution >= 0.6 is 0 Å². The molecule has 1 aromatic rings. The normalized spacial score (nSPS) is 10.6. The van der Waals surface area contributed by atoms with Crippen molar-refractivity contribution in [2.45, 2.75) is 40.0 Å². The van der Waals surface area contributed by atoms with Gasteiger partial charge in [0.1, 0.15) is 0 Å². The van der Waals surface area contributed by atoms with Gasteiger partial charge in [0.25, 0.3) is 0 Å². The van der Waals surface area contributed by atoms with E-state index in [4.69, 9.17) is 0 Å². The Labute approximate surface area is 104 Å². The second kappa shape index (κ2) is 7.10. The van der Waals surface area contributed by atoms with Crippen molar-refractivity contribution >= 4 is 11.5 Å². The van der Waals surface area contributed by atoms with E-state index in [9.17, 15) is 4.79 Å². The largest absolute Gasteiger partial charge is 0.385 e. The van der Waals surface area contributed by atoms with Gasteiger partial charge in [-0.1, -0.05) is 33.6 Å². The molecule has 0 aliphatic rings. The Balaban J connectivity index is 2.53. The Morgan fingerprint density at radius 1 is 1.12 bits per heavy atom. The van der Waals surface area contributed by atoms with Gasteiger partial charge in [-0.15, -0.1) is 0 Å². The number of ketones is 1. The highest BCUT2D eigenvalue weighted by molar-refractivity contribution is 5.96. The van der Waals surface area contributed by atoms with Crippen molar-refractivity contribution in [1.82, 2.24) is 0 Å². The SMILES string of the molecule is CCC(=O)c1ccc(NCC(CC)CC)cc1. The molecule has 17 heavy (non-hydrogen) atoms. The first-order valence-corrected chi connectivity index (χ1v) is 6.58. The van der Waals surface area contributed by atoms with E-state index in [0.717, 1.165) is 23.7 Å². The van der Waals surface area contributed by atoms with Gasteiger partial charge >= 0.3 is 0 Å². The molecule has 0 aliphatic heterocycles. The predicted octanol–water partition coefficient (Wildman–Crippen LogP) is 4.13. The number of Topliss-reactive ketones (excluding diaryl/α,β-unsaturated/α-hetero) is 1. The standard InChI is InChI=1S/C15H23NO/c1-4-12(5-2)11-16-14-9-7-13(8-10-14)15(17)6-3/h7-10,12,16H,4-6,11H2,1-3H3. The van der Waals surface area contributed by atoms with E-state index in [1.54, 1.807) is 0 Å². The molecule has 1 aromatic carbocycles. The average Bonchev–Trinajstić information content (AvgIpc) is 2.39. The highest BCUT2D eigenvalue weighted by Gasteiger charge is 2.04. The molecular weight excluding hydrogens is 210 g/mol. The van der Waals surface area contributed by atoms with Gasteiger partial charge in [-0.3, -0.25) is 4.79 Å². The van der Waals surface area contributed by atoms with Crippen LogP contribution in [0.25, 0.3) is 0 Å². The molecule has 0 unspecified atom stereocenters. The molecule has 0 aliphatic carbocycles. The van der Waals surface area contributed by atoms with Crippen LogP contribution in [0.2, 0.25) is 0 Å². The number of anilines is 1. The fraction of sp³-hybridized carbons (Fsp3) is 0.533. The molecule has 1 N–H and O–H groups in total. The first kappa shape index (κ1) is 13.8. The minimum absolute atomic E-state index is 0.205. The Kier molecular flexibility index (Phi) is 5.75. The second-order valence-electron chi connectivity index (χ2n) is 4.42. The lowest BCUT2D eigenvalue weighted by molar-refractivity contribution is 0.0988.